The van der Waals surface area contributed by atoms with Gasteiger partial charge in [-0.2, -0.15) is 0 Å². The Labute approximate surface area is 151 Å². The normalized spacial score (nSPS) is 21.4. The molecule has 0 radical (unpaired) electrons. The molecule has 1 fully saturated rings. The Morgan fingerprint density at radius 1 is 1.46 bits per heavy atom. The number of aromatic nitrogens is 2. The first kappa shape index (κ1) is 18.3. The highest BCUT2D eigenvalue weighted by atomic mass is 19.1. The lowest BCUT2D eigenvalue weighted by Crippen LogP contribution is -2.24. The van der Waals surface area contributed by atoms with E-state index in [2.05, 4.69) is 9.97 Å². The number of carboxylic acid groups (broad SMARTS) is 1. The zero-order valence-corrected chi connectivity index (χ0v) is 14.7. The maximum Gasteiger partial charge on any atom is 0.307 e. The molecule has 1 N–H and O–H groups in total. The number of carbonyl (C=O) groups is 1. The van der Waals surface area contributed by atoms with Crippen molar-refractivity contribution in [3.63, 3.8) is 0 Å². The number of benzene rings is 1. The maximum absolute atomic E-state index is 13.6. The van der Waals surface area contributed by atoms with Crippen molar-refractivity contribution in [2.75, 3.05) is 20.3 Å². The number of ether oxygens (including phenoxy) is 2. The molecule has 0 unspecified atom stereocenters. The summed E-state index contributed by atoms with van der Waals surface area (Å²) in [6, 6.07) is 6.05. The van der Waals surface area contributed by atoms with Crippen LogP contribution < -0.4 is 4.74 Å². The van der Waals surface area contributed by atoms with Crippen molar-refractivity contribution in [3.05, 3.63) is 53.4 Å². The van der Waals surface area contributed by atoms with Crippen LogP contribution in [0.3, 0.4) is 0 Å². The highest BCUT2D eigenvalue weighted by Crippen LogP contribution is 2.54. The average Bonchev–Trinajstić information content (AvgIpc) is 3.35. The Hall–Kier alpha value is -2.54. The van der Waals surface area contributed by atoms with Gasteiger partial charge in [-0.25, -0.2) is 14.4 Å². The highest BCUT2D eigenvalue weighted by molar-refractivity contribution is 5.77. The quantitative estimate of drug-likeness (QED) is 0.779. The molecule has 1 aliphatic carbocycles. The molecule has 0 amide bonds. The van der Waals surface area contributed by atoms with Gasteiger partial charge in [0.2, 0.25) is 0 Å². The number of nitrogens with zero attached hydrogens (tertiary/aromatic N) is 2. The van der Waals surface area contributed by atoms with Crippen molar-refractivity contribution in [1.29, 1.82) is 0 Å². The van der Waals surface area contributed by atoms with Crippen LogP contribution in [0.5, 0.6) is 5.75 Å². The van der Waals surface area contributed by atoms with Crippen molar-refractivity contribution in [3.8, 4) is 5.75 Å². The Morgan fingerprint density at radius 3 is 2.92 bits per heavy atom. The summed E-state index contributed by atoms with van der Waals surface area (Å²) in [5.74, 6) is -0.773. The highest BCUT2D eigenvalue weighted by Gasteiger charge is 2.60. The molecule has 3 rings (SSSR count). The predicted molar refractivity (Wildman–Crippen MR) is 91.7 cm³/mol. The average molecular weight is 360 g/mol. The predicted octanol–water partition coefficient (Wildman–Crippen LogP) is 2.53. The lowest BCUT2D eigenvalue weighted by Gasteiger charge is -2.19. The van der Waals surface area contributed by atoms with Crippen molar-refractivity contribution in [2.24, 2.45) is 5.92 Å². The largest absolute Gasteiger partial charge is 0.489 e. The smallest absolute Gasteiger partial charge is 0.307 e. The van der Waals surface area contributed by atoms with Gasteiger partial charge in [-0.15, -0.1) is 0 Å². The minimum atomic E-state index is -0.905. The van der Waals surface area contributed by atoms with Crippen molar-refractivity contribution in [2.45, 2.75) is 25.2 Å². The Kier molecular flexibility index (Phi) is 5.18. The second kappa shape index (κ2) is 7.37. The summed E-state index contributed by atoms with van der Waals surface area (Å²) in [7, 11) is 1.61. The van der Waals surface area contributed by atoms with Gasteiger partial charge in [-0.3, -0.25) is 4.79 Å². The lowest BCUT2D eigenvalue weighted by atomic mass is 9.94. The molecule has 2 aromatic rings. The van der Waals surface area contributed by atoms with Crippen LogP contribution in [0.15, 0.2) is 30.5 Å². The molecule has 1 heterocycles. The molecule has 1 aromatic heterocycles. The van der Waals surface area contributed by atoms with E-state index in [-0.39, 0.29) is 6.61 Å². The van der Waals surface area contributed by atoms with E-state index in [1.165, 1.54) is 12.1 Å². The summed E-state index contributed by atoms with van der Waals surface area (Å²) in [5, 5.41) is 9.43. The van der Waals surface area contributed by atoms with Crippen molar-refractivity contribution >= 4 is 5.97 Å². The Bertz CT molecular complexity index is 814. The van der Waals surface area contributed by atoms with E-state index >= 15 is 0 Å². The number of aryl methyl sites for hydroxylation is 1. The van der Waals surface area contributed by atoms with Crippen LogP contribution in [0.4, 0.5) is 4.39 Å². The third kappa shape index (κ3) is 3.67. The van der Waals surface area contributed by atoms with Gasteiger partial charge in [-0.1, -0.05) is 12.1 Å². The van der Waals surface area contributed by atoms with Crippen molar-refractivity contribution < 1.29 is 23.8 Å². The molecule has 7 heteroatoms. The first-order chi connectivity index (χ1) is 12.5. The van der Waals surface area contributed by atoms with Gasteiger partial charge in [-0.05, 0) is 31.0 Å². The van der Waals surface area contributed by atoms with Gasteiger partial charge in [0.05, 0.1) is 31.0 Å². The molecule has 2 atom stereocenters. The molecule has 1 aliphatic rings. The SMILES string of the molecule is COCCc1nc(C)ncc1OC[C@@]1(c2cccc(F)c2)C[C@H]1C(=O)O. The fraction of sp³-hybridized carbons (Fsp3) is 0.421. The zero-order valence-electron chi connectivity index (χ0n) is 14.7. The van der Waals surface area contributed by atoms with Gasteiger partial charge in [0.1, 0.15) is 11.6 Å². The number of methoxy groups -OCH3 is 1. The molecule has 0 aliphatic heterocycles. The standard InChI is InChI=1S/C19H21FN2O4/c1-12-21-10-17(16(22-12)6-7-25-2)26-11-19(9-15(19)18(23)24)13-4-3-5-14(20)8-13/h3-5,8,10,15H,6-7,9,11H2,1-2H3,(H,23,24)/t15-,19+/m0/s1. The van der Waals surface area contributed by atoms with E-state index < -0.39 is 23.1 Å². The maximum atomic E-state index is 13.6. The topological polar surface area (TPSA) is 81.5 Å². The number of rotatable bonds is 8. The fourth-order valence-corrected chi connectivity index (χ4v) is 3.20. The van der Waals surface area contributed by atoms with Crippen molar-refractivity contribution in [1.82, 2.24) is 9.97 Å². The van der Waals surface area contributed by atoms with Gasteiger partial charge >= 0.3 is 5.97 Å². The van der Waals surface area contributed by atoms with Gasteiger partial charge < -0.3 is 14.6 Å². The minimum Gasteiger partial charge on any atom is -0.489 e. The molecule has 0 saturated heterocycles. The summed E-state index contributed by atoms with van der Waals surface area (Å²) in [4.78, 5) is 20.0. The van der Waals surface area contributed by atoms with E-state index in [0.717, 1.165) is 0 Å². The third-order valence-electron chi connectivity index (χ3n) is 4.75. The van der Waals surface area contributed by atoms with E-state index in [1.54, 1.807) is 32.4 Å². The Morgan fingerprint density at radius 2 is 2.27 bits per heavy atom. The van der Waals surface area contributed by atoms with E-state index in [4.69, 9.17) is 9.47 Å². The summed E-state index contributed by atoms with van der Waals surface area (Å²) < 4.78 is 24.7. The van der Waals surface area contributed by atoms with Crippen LogP contribution in [-0.2, 0) is 21.4 Å². The molecule has 0 bridgehead atoms. The number of halogens is 1. The molecule has 1 saturated carbocycles. The molecule has 1 aromatic carbocycles. The summed E-state index contributed by atoms with van der Waals surface area (Å²) in [6.45, 7) is 2.40. The van der Waals surface area contributed by atoms with Crippen LogP contribution in [0, 0.1) is 18.7 Å². The molecular formula is C19H21FN2O4. The van der Waals surface area contributed by atoms with Gasteiger partial charge in [0, 0.05) is 18.9 Å². The second-order valence-corrected chi connectivity index (χ2v) is 6.52. The number of aliphatic carboxylic acids is 1. The molecule has 6 nitrogen and oxygen atoms in total. The minimum absolute atomic E-state index is 0.125. The lowest BCUT2D eigenvalue weighted by molar-refractivity contribution is -0.139. The molecular weight excluding hydrogens is 339 g/mol. The first-order valence-corrected chi connectivity index (χ1v) is 8.39. The monoisotopic (exact) mass is 360 g/mol. The Balaban J connectivity index is 1.83. The van der Waals surface area contributed by atoms with Crippen LogP contribution in [-0.4, -0.2) is 41.4 Å². The van der Waals surface area contributed by atoms with Crippen LogP contribution in [0.2, 0.25) is 0 Å². The van der Waals surface area contributed by atoms with E-state index in [0.29, 0.717) is 42.3 Å². The fourth-order valence-electron chi connectivity index (χ4n) is 3.20. The van der Waals surface area contributed by atoms with E-state index in [9.17, 15) is 14.3 Å². The first-order valence-electron chi connectivity index (χ1n) is 8.39. The van der Waals surface area contributed by atoms with Gasteiger partial charge in [0.25, 0.3) is 0 Å². The summed E-state index contributed by atoms with van der Waals surface area (Å²) in [5.41, 5.74) is 0.606. The number of carboxylic acids is 1. The van der Waals surface area contributed by atoms with Crippen LogP contribution >= 0.6 is 0 Å². The summed E-state index contributed by atoms with van der Waals surface area (Å²) >= 11 is 0. The molecule has 138 valence electrons. The second-order valence-electron chi connectivity index (χ2n) is 6.52. The zero-order chi connectivity index (χ0) is 18.7. The summed E-state index contributed by atoms with van der Waals surface area (Å²) in [6.07, 6.45) is 2.56. The van der Waals surface area contributed by atoms with Crippen LogP contribution in [0.1, 0.15) is 23.5 Å². The molecule has 0 spiro atoms. The van der Waals surface area contributed by atoms with Crippen LogP contribution in [0.25, 0.3) is 0 Å². The third-order valence-corrected chi connectivity index (χ3v) is 4.75. The van der Waals surface area contributed by atoms with Gasteiger partial charge in [0.15, 0.2) is 5.75 Å². The number of hydrogen-bond donors (Lipinski definition) is 1. The number of hydrogen-bond acceptors (Lipinski definition) is 5. The molecule has 26 heavy (non-hydrogen) atoms. The van der Waals surface area contributed by atoms with E-state index in [1.807, 2.05) is 0 Å².